The molecule has 1 saturated heterocycles. The van der Waals surface area contributed by atoms with Gasteiger partial charge in [0.05, 0.1) is 14.2 Å². The Balaban J connectivity index is 1.54. The highest BCUT2D eigenvalue weighted by Gasteiger charge is 2.28. The summed E-state index contributed by atoms with van der Waals surface area (Å²) in [5, 5.41) is 12.4. The quantitative estimate of drug-likeness (QED) is 0.752. The molecule has 1 fully saturated rings. The standard InChI is InChI=1S/C20H27N5O4S/c1-24(2)20(27)25-9-7-14(8-10-25)18(26)21-19-23-22-17(30-19)12-13-5-6-15(28-3)16(11-13)29-4/h5-6,11,14H,7-10,12H2,1-4H3,(H,21,23,26). The molecule has 9 nitrogen and oxygen atoms in total. The van der Waals surface area contributed by atoms with Crippen molar-refractivity contribution in [3.63, 3.8) is 0 Å². The van der Waals surface area contributed by atoms with Crippen LogP contribution >= 0.6 is 11.3 Å². The predicted molar refractivity (Wildman–Crippen MR) is 114 cm³/mol. The maximum atomic E-state index is 12.6. The first kappa shape index (κ1) is 21.8. The van der Waals surface area contributed by atoms with E-state index in [2.05, 4.69) is 15.5 Å². The van der Waals surface area contributed by atoms with Gasteiger partial charge in [0.1, 0.15) is 5.01 Å². The summed E-state index contributed by atoms with van der Waals surface area (Å²) in [5.41, 5.74) is 1.01. The molecule has 0 aliphatic carbocycles. The molecule has 162 valence electrons. The number of anilines is 1. The first-order valence-corrected chi connectivity index (χ1v) is 10.5. The number of hydrogen-bond acceptors (Lipinski definition) is 7. The molecular weight excluding hydrogens is 406 g/mol. The minimum absolute atomic E-state index is 0.0159. The number of nitrogens with zero attached hydrogens (tertiary/aromatic N) is 4. The van der Waals surface area contributed by atoms with Gasteiger partial charge >= 0.3 is 6.03 Å². The van der Waals surface area contributed by atoms with Crippen molar-refractivity contribution in [1.82, 2.24) is 20.0 Å². The number of aromatic nitrogens is 2. The lowest BCUT2D eigenvalue weighted by Crippen LogP contribution is -2.45. The Bertz CT molecular complexity index is 893. The van der Waals surface area contributed by atoms with E-state index in [4.69, 9.17) is 9.47 Å². The van der Waals surface area contributed by atoms with E-state index < -0.39 is 0 Å². The topological polar surface area (TPSA) is 96.9 Å². The number of rotatable bonds is 6. The second kappa shape index (κ2) is 9.75. The molecule has 3 amide bonds. The van der Waals surface area contributed by atoms with Crippen LogP contribution in [0.25, 0.3) is 0 Å². The molecule has 2 aromatic rings. The Morgan fingerprint density at radius 1 is 1.17 bits per heavy atom. The van der Waals surface area contributed by atoms with Gasteiger partial charge in [0.2, 0.25) is 11.0 Å². The smallest absolute Gasteiger partial charge is 0.319 e. The van der Waals surface area contributed by atoms with Crippen molar-refractivity contribution in [2.24, 2.45) is 5.92 Å². The fraction of sp³-hybridized carbons (Fsp3) is 0.500. The third-order valence-electron chi connectivity index (χ3n) is 5.02. The maximum absolute atomic E-state index is 12.6. The SMILES string of the molecule is COc1ccc(Cc2nnc(NC(=O)C3CCN(C(=O)N(C)C)CC3)s2)cc1OC. The van der Waals surface area contributed by atoms with Crippen molar-refractivity contribution in [2.75, 3.05) is 46.7 Å². The number of carbonyl (C=O) groups excluding carboxylic acids is 2. The largest absolute Gasteiger partial charge is 0.493 e. The molecular formula is C20H27N5O4S. The molecule has 0 unspecified atom stereocenters. The van der Waals surface area contributed by atoms with Crippen molar-refractivity contribution in [3.8, 4) is 11.5 Å². The summed E-state index contributed by atoms with van der Waals surface area (Å²) >= 11 is 1.36. The van der Waals surface area contributed by atoms with E-state index in [1.807, 2.05) is 18.2 Å². The lowest BCUT2D eigenvalue weighted by molar-refractivity contribution is -0.121. The van der Waals surface area contributed by atoms with Gasteiger partial charge in [0.15, 0.2) is 11.5 Å². The first-order valence-electron chi connectivity index (χ1n) is 9.71. The van der Waals surface area contributed by atoms with Gasteiger partial charge in [-0.15, -0.1) is 10.2 Å². The number of likely N-dealkylation sites (tertiary alicyclic amines) is 1. The lowest BCUT2D eigenvalue weighted by atomic mass is 9.96. The summed E-state index contributed by atoms with van der Waals surface area (Å²) in [6.45, 7) is 1.16. The molecule has 1 aromatic heterocycles. The van der Waals surface area contributed by atoms with Gasteiger partial charge in [-0.2, -0.15) is 0 Å². The van der Waals surface area contributed by atoms with Crippen LogP contribution in [0.3, 0.4) is 0 Å². The summed E-state index contributed by atoms with van der Waals surface area (Å²) in [6.07, 6.45) is 1.87. The van der Waals surface area contributed by atoms with E-state index >= 15 is 0 Å². The average molecular weight is 434 g/mol. The molecule has 2 heterocycles. The molecule has 1 aliphatic heterocycles. The lowest BCUT2D eigenvalue weighted by Gasteiger charge is -2.32. The van der Waals surface area contributed by atoms with Gasteiger partial charge in [0, 0.05) is 39.5 Å². The predicted octanol–water partition coefficient (Wildman–Crippen LogP) is 2.48. The monoisotopic (exact) mass is 433 g/mol. The molecule has 0 atom stereocenters. The molecule has 0 saturated carbocycles. The van der Waals surface area contributed by atoms with E-state index in [-0.39, 0.29) is 17.9 Å². The number of ether oxygens (including phenoxy) is 2. The van der Waals surface area contributed by atoms with Crippen LogP contribution in [0.4, 0.5) is 9.93 Å². The Labute approximate surface area is 180 Å². The number of methoxy groups -OCH3 is 2. The molecule has 10 heteroatoms. The van der Waals surface area contributed by atoms with Crippen LogP contribution in [0.2, 0.25) is 0 Å². The Morgan fingerprint density at radius 2 is 1.87 bits per heavy atom. The zero-order valence-corrected chi connectivity index (χ0v) is 18.5. The highest BCUT2D eigenvalue weighted by Crippen LogP contribution is 2.29. The first-order chi connectivity index (χ1) is 14.4. The highest BCUT2D eigenvalue weighted by molar-refractivity contribution is 7.15. The average Bonchev–Trinajstić information content (AvgIpc) is 3.19. The summed E-state index contributed by atoms with van der Waals surface area (Å²) < 4.78 is 10.6. The van der Waals surface area contributed by atoms with E-state index in [9.17, 15) is 9.59 Å². The molecule has 30 heavy (non-hydrogen) atoms. The summed E-state index contributed by atoms with van der Waals surface area (Å²) in [7, 11) is 6.66. The van der Waals surface area contributed by atoms with Crippen LogP contribution < -0.4 is 14.8 Å². The van der Waals surface area contributed by atoms with Crippen molar-refractivity contribution in [1.29, 1.82) is 0 Å². The number of piperidine rings is 1. The number of carbonyl (C=O) groups is 2. The maximum Gasteiger partial charge on any atom is 0.319 e. The van der Waals surface area contributed by atoms with Gasteiger partial charge in [-0.25, -0.2) is 4.79 Å². The minimum atomic E-state index is -0.130. The second-order valence-electron chi connectivity index (χ2n) is 7.29. The van der Waals surface area contributed by atoms with Crippen LogP contribution in [0.15, 0.2) is 18.2 Å². The zero-order valence-electron chi connectivity index (χ0n) is 17.7. The van der Waals surface area contributed by atoms with Gasteiger partial charge in [-0.05, 0) is 30.5 Å². The summed E-state index contributed by atoms with van der Waals surface area (Å²) in [6, 6.07) is 5.69. The zero-order chi connectivity index (χ0) is 21.7. The van der Waals surface area contributed by atoms with E-state index in [0.717, 1.165) is 10.6 Å². The van der Waals surface area contributed by atoms with E-state index in [1.54, 1.807) is 38.1 Å². The van der Waals surface area contributed by atoms with Crippen LogP contribution in [-0.2, 0) is 11.2 Å². The fourth-order valence-corrected chi connectivity index (χ4v) is 4.14. The number of nitrogens with one attached hydrogen (secondary N) is 1. The van der Waals surface area contributed by atoms with Crippen LogP contribution in [0.5, 0.6) is 11.5 Å². The number of benzene rings is 1. The van der Waals surface area contributed by atoms with Crippen molar-refractivity contribution in [3.05, 3.63) is 28.8 Å². The molecule has 1 aromatic carbocycles. The van der Waals surface area contributed by atoms with Crippen molar-refractivity contribution in [2.45, 2.75) is 19.3 Å². The van der Waals surface area contributed by atoms with Crippen LogP contribution in [0, 0.1) is 5.92 Å². The van der Waals surface area contributed by atoms with Gasteiger partial charge < -0.3 is 24.6 Å². The second-order valence-corrected chi connectivity index (χ2v) is 8.36. The summed E-state index contributed by atoms with van der Waals surface area (Å²) in [4.78, 5) is 27.9. The molecule has 0 spiro atoms. The molecule has 0 bridgehead atoms. The highest BCUT2D eigenvalue weighted by atomic mass is 32.1. The van der Waals surface area contributed by atoms with Crippen LogP contribution in [0.1, 0.15) is 23.4 Å². The molecule has 1 N–H and O–H groups in total. The van der Waals surface area contributed by atoms with Gasteiger partial charge in [0.25, 0.3) is 0 Å². The van der Waals surface area contributed by atoms with E-state index in [1.165, 1.54) is 11.3 Å². The third-order valence-corrected chi connectivity index (χ3v) is 5.86. The van der Waals surface area contributed by atoms with Gasteiger partial charge in [-0.1, -0.05) is 17.4 Å². The number of urea groups is 1. The van der Waals surface area contributed by atoms with Crippen LogP contribution in [-0.4, -0.2) is 73.3 Å². The Hall–Kier alpha value is -2.88. The Morgan fingerprint density at radius 3 is 2.50 bits per heavy atom. The third kappa shape index (κ3) is 5.18. The van der Waals surface area contributed by atoms with E-state index in [0.29, 0.717) is 49.0 Å². The molecule has 1 aliphatic rings. The molecule has 0 radical (unpaired) electrons. The fourth-order valence-electron chi connectivity index (χ4n) is 3.36. The number of amides is 3. The molecule has 3 rings (SSSR count). The summed E-state index contributed by atoms with van der Waals surface area (Å²) in [5.74, 6) is 1.13. The van der Waals surface area contributed by atoms with Crippen molar-refractivity contribution >= 4 is 28.4 Å². The van der Waals surface area contributed by atoms with Crippen molar-refractivity contribution < 1.29 is 19.1 Å². The van der Waals surface area contributed by atoms with Gasteiger partial charge in [-0.3, -0.25) is 4.79 Å². The number of hydrogen-bond donors (Lipinski definition) is 1. The Kier molecular flexibility index (Phi) is 7.09. The minimum Gasteiger partial charge on any atom is -0.493 e. The normalized spacial score (nSPS) is 14.3.